The highest BCUT2D eigenvalue weighted by molar-refractivity contribution is 7.80. The zero-order valence-corrected chi connectivity index (χ0v) is 13.7. The van der Waals surface area contributed by atoms with Gasteiger partial charge < -0.3 is 20.7 Å². The monoisotopic (exact) mass is 321 g/mol. The number of rotatable bonds is 9. The Morgan fingerprint density at radius 1 is 1.18 bits per heavy atom. The molecule has 0 aliphatic carbocycles. The summed E-state index contributed by atoms with van der Waals surface area (Å²) in [6.07, 6.45) is 3.06. The van der Waals surface area contributed by atoms with E-state index >= 15 is 0 Å². The molecule has 3 N–H and O–H groups in total. The standard InChI is InChI=1S/C16H23N3O2S/c1-2-13-6-8-14(9-7-13)19-16(22)18-11-4-10-17-15(21)5-3-12-20/h6-9,12H,2-5,10-11H2,1H3,(H,17,21)(H2,18,19,22). The average molecular weight is 321 g/mol. The van der Waals surface area contributed by atoms with Gasteiger partial charge in [-0.05, 0) is 42.8 Å². The van der Waals surface area contributed by atoms with Gasteiger partial charge in [-0.25, -0.2) is 0 Å². The molecule has 0 saturated carbocycles. The number of amides is 1. The first-order valence-electron chi connectivity index (χ1n) is 7.49. The van der Waals surface area contributed by atoms with Crippen molar-refractivity contribution in [2.45, 2.75) is 32.6 Å². The molecular formula is C16H23N3O2S. The van der Waals surface area contributed by atoms with E-state index in [1.165, 1.54) is 5.56 Å². The van der Waals surface area contributed by atoms with Gasteiger partial charge in [0.25, 0.3) is 0 Å². The Bertz CT molecular complexity index is 489. The molecule has 1 aromatic carbocycles. The summed E-state index contributed by atoms with van der Waals surface area (Å²) < 4.78 is 0. The lowest BCUT2D eigenvalue weighted by Gasteiger charge is -2.11. The lowest BCUT2D eigenvalue weighted by molar-refractivity contribution is -0.122. The Hall–Kier alpha value is -1.95. The summed E-state index contributed by atoms with van der Waals surface area (Å²) in [5, 5.41) is 9.52. The maximum atomic E-state index is 11.3. The number of carbonyl (C=O) groups excluding carboxylic acids is 2. The number of aryl methyl sites for hydroxylation is 1. The van der Waals surface area contributed by atoms with Crippen LogP contribution in [0.1, 0.15) is 31.7 Å². The van der Waals surface area contributed by atoms with Crippen LogP contribution >= 0.6 is 12.2 Å². The van der Waals surface area contributed by atoms with Crippen LogP contribution in [0, 0.1) is 0 Å². The van der Waals surface area contributed by atoms with Crippen molar-refractivity contribution in [3.63, 3.8) is 0 Å². The Kier molecular flexibility index (Phi) is 8.83. The summed E-state index contributed by atoms with van der Waals surface area (Å²) >= 11 is 5.21. The third-order valence-corrected chi connectivity index (χ3v) is 3.32. The van der Waals surface area contributed by atoms with Gasteiger partial charge in [-0.3, -0.25) is 4.79 Å². The molecule has 0 aromatic heterocycles. The third-order valence-electron chi connectivity index (χ3n) is 3.07. The van der Waals surface area contributed by atoms with Gasteiger partial charge in [-0.15, -0.1) is 0 Å². The molecule has 0 spiro atoms. The molecule has 120 valence electrons. The van der Waals surface area contributed by atoms with Gasteiger partial charge in [0.05, 0.1) is 0 Å². The summed E-state index contributed by atoms with van der Waals surface area (Å²) in [5.74, 6) is -0.0937. The second-order valence-corrected chi connectivity index (χ2v) is 5.25. The normalized spacial score (nSPS) is 9.86. The van der Waals surface area contributed by atoms with E-state index in [1.807, 2.05) is 12.1 Å². The van der Waals surface area contributed by atoms with E-state index in [4.69, 9.17) is 12.2 Å². The molecule has 0 fully saturated rings. The van der Waals surface area contributed by atoms with Crippen molar-refractivity contribution < 1.29 is 9.59 Å². The molecular weight excluding hydrogens is 298 g/mol. The van der Waals surface area contributed by atoms with Crippen LogP contribution in [-0.2, 0) is 16.0 Å². The molecule has 6 heteroatoms. The molecule has 0 radical (unpaired) electrons. The van der Waals surface area contributed by atoms with E-state index in [1.54, 1.807) is 0 Å². The van der Waals surface area contributed by atoms with Crippen LogP contribution in [0.25, 0.3) is 0 Å². The minimum Gasteiger partial charge on any atom is -0.362 e. The topological polar surface area (TPSA) is 70.2 Å². The number of thiocarbonyl (C=S) groups is 1. The van der Waals surface area contributed by atoms with E-state index < -0.39 is 0 Å². The smallest absolute Gasteiger partial charge is 0.220 e. The summed E-state index contributed by atoms with van der Waals surface area (Å²) in [7, 11) is 0. The molecule has 1 amide bonds. The van der Waals surface area contributed by atoms with Gasteiger partial charge in [0, 0.05) is 31.6 Å². The van der Waals surface area contributed by atoms with Gasteiger partial charge in [0.15, 0.2) is 5.11 Å². The number of hydrogen-bond donors (Lipinski definition) is 3. The first kappa shape index (κ1) is 18.1. The average Bonchev–Trinajstić information content (AvgIpc) is 2.53. The minimum atomic E-state index is -0.0937. The van der Waals surface area contributed by atoms with Crippen molar-refractivity contribution in [2.24, 2.45) is 0 Å². The Morgan fingerprint density at radius 2 is 1.86 bits per heavy atom. The largest absolute Gasteiger partial charge is 0.362 e. The van der Waals surface area contributed by atoms with Crippen molar-refractivity contribution in [3.05, 3.63) is 29.8 Å². The maximum Gasteiger partial charge on any atom is 0.220 e. The van der Waals surface area contributed by atoms with Gasteiger partial charge in [0.1, 0.15) is 6.29 Å². The third kappa shape index (κ3) is 7.73. The zero-order valence-electron chi connectivity index (χ0n) is 12.9. The number of carbonyl (C=O) groups is 2. The molecule has 0 bridgehead atoms. The fourth-order valence-corrected chi connectivity index (χ4v) is 2.02. The summed E-state index contributed by atoms with van der Waals surface area (Å²) in [5.41, 5.74) is 2.24. The molecule has 0 heterocycles. The minimum absolute atomic E-state index is 0.0937. The fraction of sp³-hybridized carbons (Fsp3) is 0.438. The van der Waals surface area contributed by atoms with Crippen molar-refractivity contribution >= 4 is 35.2 Å². The molecule has 0 aliphatic rings. The van der Waals surface area contributed by atoms with Crippen LogP contribution in [0.5, 0.6) is 0 Å². The van der Waals surface area contributed by atoms with Crippen LogP contribution < -0.4 is 16.0 Å². The zero-order chi connectivity index (χ0) is 16.2. The summed E-state index contributed by atoms with van der Waals surface area (Å²) in [4.78, 5) is 21.4. The van der Waals surface area contributed by atoms with Crippen LogP contribution in [0.2, 0.25) is 0 Å². The lowest BCUT2D eigenvalue weighted by Crippen LogP contribution is -2.32. The highest BCUT2D eigenvalue weighted by Crippen LogP contribution is 2.09. The quantitative estimate of drug-likeness (QED) is 0.369. The number of anilines is 1. The molecule has 0 saturated heterocycles. The molecule has 1 aromatic rings. The number of nitrogens with one attached hydrogen (secondary N) is 3. The molecule has 0 unspecified atom stereocenters. The summed E-state index contributed by atoms with van der Waals surface area (Å²) in [6, 6.07) is 8.14. The highest BCUT2D eigenvalue weighted by Gasteiger charge is 2.00. The molecule has 5 nitrogen and oxygen atoms in total. The lowest BCUT2D eigenvalue weighted by atomic mass is 10.1. The van der Waals surface area contributed by atoms with Crippen molar-refractivity contribution in [1.82, 2.24) is 10.6 Å². The number of benzene rings is 1. The predicted octanol–water partition coefficient (Wildman–Crippen LogP) is 2.02. The second kappa shape index (κ2) is 10.7. The van der Waals surface area contributed by atoms with Gasteiger partial charge in [-0.2, -0.15) is 0 Å². The van der Waals surface area contributed by atoms with Crippen LogP contribution in [0.3, 0.4) is 0 Å². The highest BCUT2D eigenvalue weighted by atomic mass is 32.1. The van der Waals surface area contributed by atoms with E-state index in [2.05, 4.69) is 35.0 Å². The molecule has 22 heavy (non-hydrogen) atoms. The van der Waals surface area contributed by atoms with E-state index in [0.717, 1.165) is 24.8 Å². The van der Waals surface area contributed by atoms with Crippen molar-refractivity contribution in [2.75, 3.05) is 18.4 Å². The molecule has 1 rings (SSSR count). The first-order chi connectivity index (χ1) is 10.7. The SMILES string of the molecule is CCc1ccc(NC(=S)NCCCNC(=O)CCC=O)cc1. The van der Waals surface area contributed by atoms with Gasteiger partial charge in [-0.1, -0.05) is 19.1 Å². The predicted molar refractivity (Wildman–Crippen MR) is 93.0 cm³/mol. The Labute approximate surface area is 136 Å². The Balaban J connectivity index is 2.12. The molecule has 0 atom stereocenters. The van der Waals surface area contributed by atoms with E-state index in [9.17, 15) is 9.59 Å². The van der Waals surface area contributed by atoms with E-state index in [-0.39, 0.29) is 18.7 Å². The van der Waals surface area contributed by atoms with Crippen molar-refractivity contribution in [3.8, 4) is 0 Å². The first-order valence-corrected chi connectivity index (χ1v) is 7.90. The van der Waals surface area contributed by atoms with E-state index in [0.29, 0.717) is 18.2 Å². The van der Waals surface area contributed by atoms with Crippen molar-refractivity contribution in [1.29, 1.82) is 0 Å². The van der Waals surface area contributed by atoms with Crippen LogP contribution in [0.15, 0.2) is 24.3 Å². The Morgan fingerprint density at radius 3 is 2.50 bits per heavy atom. The maximum absolute atomic E-state index is 11.3. The number of aldehydes is 1. The van der Waals surface area contributed by atoms with Gasteiger partial charge in [0.2, 0.25) is 5.91 Å². The van der Waals surface area contributed by atoms with Crippen LogP contribution in [-0.4, -0.2) is 30.4 Å². The molecule has 0 aliphatic heterocycles. The number of hydrogen-bond acceptors (Lipinski definition) is 3. The summed E-state index contributed by atoms with van der Waals surface area (Å²) in [6.45, 7) is 3.36. The van der Waals surface area contributed by atoms with Crippen LogP contribution in [0.4, 0.5) is 5.69 Å². The fourth-order valence-electron chi connectivity index (χ4n) is 1.80. The second-order valence-electron chi connectivity index (χ2n) is 4.84. The van der Waals surface area contributed by atoms with Gasteiger partial charge >= 0.3 is 0 Å².